The third kappa shape index (κ3) is 11.0. The van der Waals surface area contributed by atoms with Crippen molar-refractivity contribution < 1.29 is 38.9 Å². The van der Waals surface area contributed by atoms with E-state index in [0.717, 1.165) is 0 Å². The molecule has 0 aliphatic carbocycles. The Morgan fingerprint density at radius 2 is 1.86 bits per heavy atom. The summed E-state index contributed by atoms with van der Waals surface area (Å²) >= 11 is 0. The Kier molecular flexibility index (Phi) is 6.38. The average Bonchev–Trinajstić information content (AvgIpc) is 1.35. The summed E-state index contributed by atoms with van der Waals surface area (Å²) in [6.45, 7) is 0. The van der Waals surface area contributed by atoms with Crippen LogP contribution in [0.2, 0.25) is 0 Å². The van der Waals surface area contributed by atoms with Crippen LogP contribution < -0.4 is 18.9 Å². The summed E-state index contributed by atoms with van der Waals surface area (Å²) in [5.74, 6) is 0. The van der Waals surface area contributed by atoms with Crippen LogP contribution in [0.15, 0.2) is 0 Å². The molecule has 2 N–H and O–H groups in total. The maximum absolute atomic E-state index is 9.45. The van der Waals surface area contributed by atoms with Gasteiger partial charge in [0, 0.05) is 9.47 Å². The van der Waals surface area contributed by atoms with E-state index >= 15 is 0 Å². The first-order chi connectivity index (χ1) is 2.56. The monoisotopic (exact) mass is 138 g/mol. The molecule has 0 spiro atoms. The molecule has 0 rings (SSSR count). The second-order valence-corrected chi connectivity index (χ2v) is 2.42. The van der Waals surface area contributed by atoms with Gasteiger partial charge in [0.1, 0.15) is 0 Å². The standard InChI is InChI=1S/Li.H4O4P2.H/c;1-6(2,3)4-5;/h;5H2,(H2,1,2,3);/q+1;;-1. The summed E-state index contributed by atoms with van der Waals surface area (Å²) in [6.07, 6.45) is 0. The van der Waals surface area contributed by atoms with E-state index in [0.29, 0.717) is 0 Å². The normalized spacial score (nSPS) is 10.1. The van der Waals surface area contributed by atoms with Gasteiger partial charge in [0.2, 0.25) is 0 Å². The summed E-state index contributed by atoms with van der Waals surface area (Å²) in [5.41, 5.74) is 0. The second-order valence-electron chi connectivity index (χ2n) is 0.596. The van der Waals surface area contributed by atoms with E-state index in [2.05, 4.69) is 4.31 Å². The Hall–Kier alpha value is 1.14. The van der Waals surface area contributed by atoms with Crippen LogP contribution in [0.3, 0.4) is 0 Å². The van der Waals surface area contributed by atoms with E-state index in [4.69, 9.17) is 9.79 Å². The summed E-state index contributed by atoms with van der Waals surface area (Å²) in [4.78, 5) is 15.4. The van der Waals surface area contributed by atoms with Gasteiger partial charge < -0.3 is 11.2 Å². The molecule has 0 saturated heterocycles. The molecular formula is H5LiO4P2. The molecule has 0 aromatic heterocycles. The van der Waals surface area contributed by atoms with E-state index in [-0.39, 0.29) is 20.3 Å². The Morgan fingerprint density at radius 3 is 1.86 bits per heavy atom. The van der Waals surface area contributed by atoms with Crippen molar-refractivity contribution in [2.24, 2.45) is 0 Å². The van der Waals surface area contributed by atoms with Crippen LogP contribution in [0.1, 0.15) is 1.43 Å². The third-order valence-electron chi connectivity index (χ3n) is 0.137. The molecule has 0 aromatic carbocycles. The van der Waals surface area contributed by atoms with Crippen molar-refractivity contribution in [3.8, 4) is 0 Å². The molecule has 0 amide bonds. The van der Waals surface area contributed by atoms with Crippen LogP contribution in [-0.4, -0.2) is 9.79 Å². The van der Waals surface area contributed by atoms with Crippen molar-refractivity contribution in [3.05, 3.63) is 0 Å². The van der Waals surface area contributed by atoms with E-state index < -0.39 is 7.82 Å². The molecule has 0 radical (unpaired) electrons. The minimum atomic E-state index is -4.18. The molecule has 1 unspecified atom stereocenters. The van der Waals surface area contributed by atoms with Crippen LogP contribution in [0.5, 0.6) is 0 Å². The Labute approximate surface area is 56.8 Å². The molecule has 0 fully saturated rings. The van der Waals surface area contributed by atoms with E-state index in [1.807, 2.05) is 0 Å². The molecular weight excluding hydrogens is 133 g/mol. The van der Waals surface area contributed by atoms with Gasteiger partial charge in [0.15, 0.2) is 0 Å². The SMILES string of the molecule is O=P(O)(O)OP.[H-].[Li+]. The Morgan fingerprint density at radius 1 is 1.71 bits per heavy atom. The summed E-state index contributed by atoms with van der Waals surface area (Å²) in [6, 6.07) is 0. The van der Waals surface area contributed by atoms with Crippen molar-refractivity contribution in [1.82, 2.24) is 0 Å². The molecule has 7 heteroatoms. The summed E-state index contributed by atoms with van der Waals surface area (Å²) in [7, 11) is -2.72. The molecule has 4 nitrogen and oxygen atoms in total. The van der Waals surface area contributed by atoms with Crippen molar-refractivity contribution in [1.29, 1.82) is 0 Å². The average molecular weight is 138 g/mol. The third-order valence-corrected chi connectivity index (χ3v) is 1.24. The summed E-state index contributed by atoms with van der Waals surface area (Å²) < 4.78 is 13.0. The summed E-state index contributed by atoms with van der Waals surface area (Å²) in [5, 5.41) is 0. The fourth-order valence-electron chi connectivity index (χ4n) is 0. The van der Waals surface area contributed by atoms with Crippen molar-refractivity contribution in [2.75, 3.05) is 0 Å². The van der Waals surface area contributed by atoms with Crippen LogP contribution in [-0.2, 0) is 8.88 Å². The largest absolute Gasteiger partial charge is 1.00 e. The maximum Gasteiger partial charge on any atom is 1.00 e. The maximum atomic E-state index is 9.45. The predicted octanol–water partition coefficient (Wildman–Crippen LogP) is -3.00. The zero-order valence-electron chi connectivity index (χ0n) is 4.74. The smallest absolute Gasteiger partial charge is 1.00 e. The van der Waals surface area contributed by atoms with Gasteiger partial charge in [-0.25, -0.2) is 4.57 Å². The Balaban J connectivity index is -0.000000125. The van der Waals surface area contributed by atoms with Crippen molar-refractivity contribution >= 4 is 17.3 Å². The molecule has 1 atom stereocenters. The molecule has 0 heterocycles. The fraction of sp³-hybridized carbons (Fsp3) is 0. The van der Waals surface area contributed by atoms with Gasteiger partial charge in [-0.2, -0.15) is 0 Å². The van der Waals surface area contributed by atoms with Gasteiger partial charge in [-0.05, 0) is 0 Å². The van der Waals surface area contributed by atoms with E-state index in [1.165, 1.54) is 9.47 Å². The fourth-order valence-corrected chi connectivity index (χ4v) is 0. The first-order valence-electron chi connectivity index (χ1n) is 1.00. The van der Waals surface area contributed by atoms with Crippen LogP contribution in [0.25, 0.3) is 0 Å². The van der Waals surface area contributed by atoms with Gasteiger partial charge in [-0.3, -0.25) is 4.31 Å². The number of phosphoric acid groups is 1. The number of hydrogen-bond donors (Lipinski definition) is 2. The van der Waals surface area contributed by atoms with Crippen molar-refractivity contribution in [3.63, 3.8) is 0 Å². The molecule has 0 aliphatic heterocycles. The van der Waals surface area contributed by atoms with Crippen LogP contribution in [0, 0.1) is 0 Å². The molecule has 0 aromatic rings. The van der Waals surface area contributed by atoms with Crippen LogP contribution in [0.4, 0.5) is 0 Å². The zero-order valence-corrected chi connectivity index (χ0v) is 5.78. The number of rotatable bonds is 1. The molecule has 0 aliphatic rings. The first kappa shape index (κ1) is 11.0. The van der Waals surface area contributed by atoms with Gasteiger partial charge in [0.25, 0.3) is 0 Å². The van der Waals surface area contributed by atoms with E-state index in [1.54, 1.807) is 0 Å². The molecule has 0 bridgehead atoms. The quantitative estimate of drug-likeness (QED) is 0.299. The topological polar surface area (TPSA) is 66.8 Å². The van der Waals surface area contributed by atoms with Crippen molar-refractivity contribution in [2.45, 2.75) is 0 Å². The minimum absolute atomic E-state index is 0. The van der Waals surface area contributed by atoms with Gasteiger partial charge in [-0.1, -0.05) is 0 Å². The molecule has 7 heavy (non-hydrogen) atoms. The predicted molar refractivity (Wildman–Crippen MR) is 24.0 cm³/mol. The minimum Gasteiger partial charge on any atom is -1.00 e. The first-order valence-corrected chi connectivity index (χ1v) is 3.00. The van der Waals surface area contributed by atoms with E-state index in [9.17, 15) is 4.57 Å². The number of hydrogen-bond acceptors (Lipinski definition) is 2. The second kappa shape index (κ2) is 4.06. The molecule has 0 saturated carbocycles. The van der Waals surface area contributed by atoms with Gasteiger partial charge in [0.05, 0.1) is 0 Å². The zero-order chi connectivity index (χ0) is 5.21. The Bertz CT molecular complexity index is 78.1. The van der Waals surface area contributed by atoms with Gasteiger partial charge in [-0.15, -0.1) is 0 Å². The van der Waals surface area contributed by atoms with Crippen LogP contribution >= 0.6 is 17.3 Å². The van der Waals surface area contributed by atoms with Gasteiger partial charge >= 0.3 is 26.7 Å². The molecule has 40 valence electrons.